The summed E-state index contributed by atoms with van der Waals surface area (Å²) in [5.41, 5.74) is -1.22. The van der Waals surface area contributed by atoms with E-state index in [1.165, 1.54) is 19.1 Å². The summed E-state index contributed by atoms with van der Waals surface area (Å²) in [4.78, 5) is 23.2. The number of aromatic nitrogens is 1. The van der Waals surface area contributed by atoms with Crippen LogP contribution in [0.3, 0.4) is 0 Å². The summed E-state index contributed by atoms with van der Waals surface area (Å²) in [6.07, 6.45) is 1.52. The van der Waals surface area contributed by atoms with Crippen LogP contribution in [0.15, 0.2) is 23.1 Å². The van der Waals surface area contributed by atoms with E-state index in [1.807, 2.05) is 0 Å². The molecule has 0 spiro atoms. The third-order valence-corrected chi connectivity index (χ3v) is 2.22. The molecule has 0 unspecified atom stereocenters. The van der Waals surface area contributed by atoms with Crippen LogP contribution >= 0.6 is 0 Å². The van der Waals surface area contributed by atoms with Gasteiger partial charge in [0, 0.05) is 6.20 Å². The Morgan fingerprint density at radius 1 is 1.55 bits per heavy atom. The molecule has 0 saturated carbocycles. The highest BCUT2D eigenvalue weighted by molar-refractivity contribution is 5.89. The maximum absolute atomic E-state index is 12.3. The van der Waals surface area contributed by atoms with E-state index in [2.05, 4.69) is 16.6 Å². The molecule has 0 aromatic carbocycles. The quantitative estimate of drug-likeness (QED) is 0.829. The summed E-state index contributed by atoms with van der Waals surface area (Å²) in [5, 5.41) is 4.47. The van der Waals surface area contributed by atoms with Gasteiger partial charge in [-0.05, 0) is 19.1 Å². The Bertz CT molecular complexity index is 587. The van der Waals surface area contributed by atoms with Crippen molar-refractivity contribution in [1.29, 1.82) is 0 Å². The number of carbonyl (C=O) groups excluding carboxylic acids is 1. The monoisotopic (exact) mass is 287 g/mol. The summed E-state index contributed by atoms with van der Waals surface area (Å²) < 4.78 is 37.2. The molecule has 0 aliphatic rings. The maximum atomic E-state index is 12.3. The van der Waals surface area contributed by atoms with Crippen LogP contribution in [-0.4, -0.2) is 22.8 Å². The molecule has 108 valence electrons. The zero-order valence-electron chi connectivity index (χ0n) is 10.5. The first-order valence-electron chi connectivity index (χ1n) is 5.53. The summed E-state index contributed by atoms with van der Waals surface area (Å²) >= 11 is 0. The average Bonchev–Trinajstić information content (AvgIpc) is 2.32. The topological polar surface area (TPSA) is 63.1 Å². The van der Waals surface area contributed by atoms with Crippen LogP contribution in [0.1, 0.15) is 6.92 Å². The number of pyridine rings is 1. The second-order valence-corrected chi connectivity index (χ2v) is 3.96. The van der Waals surface area contributed by atoms with Gasteiger partial charge in [0.1, 0.15) is 12.2 Å². The number of terminal acetylenes is 1. The summed E-state index contributed by atoms with van der Waals surface area (Å²) in [5.74, 6) is 2.23. The minimum atomic E-state index is -4.53. The third kappa shape index (κ3) is 4.68. The van der Waals surface area contributed by atoms with Crippen molar-refractivity contribution in [2.24, 2.45) is 0 Å². The van der Waals surface area contributed by atoms with E-state index in [0.717, 1.165) is 6.20 Å². The Labute approximate surface area is 112 Å². The van der Waals surface area contributed by atoms with E-state index in [4.69, 9.17) is 6.42 Å². The Kier molecular flexibility index (Phi) is 4.80. The molecule has 2 amide bonds. The highest BCUT2D eigenvalue weighted by Gasteiger charge is 2.28. The molecule has 0 aliphatic carbocycles. The van der Waals surface area contributed by atoms with Crippen LogP contribution < -0.4 is 16.2 Å². The number of amides is 2. The van der Waals surface area contributed by atoms with E-state index in [-0.39, 0.29) is 5.69 Å². The number of halogens is 3. The molecule has 1 aromatic heterocycles. The second kappa shape index (κ2) is 6.14. The number of hydrogen-bond donors (Lipinski definition) is 2. The number of hydrogen-bond acceptors (Lipinski definition) is 2. The largest absolute Gasteiger partial charge is 0.406 e. The standard InChI is InChI=1S/C12H12F3N3O2/c1-3-8(2)16-11(20)17-9-5-4-6-18(10(9)19)7-12(13,14)15/h1,4-6,8H,7H2,2H3,(H2,16,17,20)/t8-/m0/s1. The van der Waals surface area contributed by atoms with Gasteiger partial charge in [-0.3, -0.25) is 4.79 Å². The highest BCUT2D eigenvalue weighted by atomic mass is 19.4. The van der Waals surface area contributed by atoms with Gasteiger partial charge < -0.3 is 15.2 Å². The van der Waals surface area contributed by atoms with Crippen LogP contribution in [0.2, 0.25) is 0 Å². The van der Waals surface area contributed by atoms with Crippen LogP contribution in [0.25, 0.3) is 0 Å². The number of alkyl halides is 3. The fraction of sp³-hybridized carbons (Fsp3) is 0.333. The number of nitrogens with zero attached hydrogens (tertiary/aromatic N) is 1. The third-order valence-electron chi connectivity index (χ3n) is 2.22. The number of anilines is 1. The lowest BCUT2D eigenvalue weighted by Gasteiger charge is -2.12. The fourth-order valence-corrected chi connectivity index (χ4v) is 1.35. The van der Waals surface area contributed by atoms with Crippen LogP contribution in [-0.2, 0) is 6.54 Å². The average molecular weight is 287 g/mol. The summed E-state index contributed by atoms with van der Waals surface area (Å²) in [6, 6.07) is 1.09. The normalized spacial score (nSPS) is 12.3. The number of rotatable bonds is 3. The van der Waals surface area contributed by atoms with Crippen LogP contribution in [0.5, 0.6) is 0 Å². The highest BCUT2D eigenvalue weighted by Crippen LogP contribution is 2.16. The summed E-state index contributed by atoms with van der Waals surface area (Å²) in [7, 11) is 0. The predicted octanol–water partition coefficient (Wildman–Crippen LogP) is 1.55. The maximum Gasteiger partial charge on any atom is 0.406 e. The molecule has 0 fully saturated rings. The van der Waals surface area contributed by atoms with Crippen molar-refractivity contribution >= 4 is 11.7 Å². The van der Waals surface area contributed by atoms with Crippen molar-refractivity contribution in [3.63, 3.8) is 0 Å². The van der Waals surface area contributed by atoms with Gasteiger partial charge in [-0.15, -0.1) is 6.42 Å². The molecule has 1 aromatic rings. The van der Waals surface area contributed by atoms with Crippen molar-refractivity contribution in [2.75, 3.05) is 5.32 Å². The van der Waals surface area contributed by atoms with Gasteiger partial charge in [0.15, 0.2) is 0 Å². The molecule has 0 bridgehead atoms. The SMILES string of the molecule is C#C[C@H](C)NC(=O)Nc1cccn(CC(F)(F)F)c1=O. The zero-order chi connectivity index (χ0) is 15.3. The molecule has 2 N–H and O–H groups in total. The van der Waals surface area contributed by atoms with E-state index < -0.39 is 30.4 Å². The molecule has 1 rings (SSSR count). The first-order valence-corrected chi connectivity index (χ1v) is 5.53. The van der Waals surface area contributed by atoms with Gasteiger partial charge in [0.2, 0.25) is 0 Å². The van der Waals surface area contributed by atoms with Crippen molar-refractivity contribution in [1.82, 2.24) is 9.88 Å². The Morgan fingerprint density at radius 3 is 2.75 bits per heavy atom. The van der Waals surface area contributed by atoms with Gasteiger partial charge >= 0.3 is 12.2 Å². The van der Waals surface area contributed by atoms with E-state index in [9.17, 15) is 22.8 Å². The van der Waals surface area contributed by atoms with Gasteiger partial charge in [-0.1, -0.05) is 5.92 Å². The van der Waals surface area contributed by atoms with E-state index in [1.54, 1.807) is 0 Å². The number of urea groups is 1. The zero-order valence-corrected chi connectivity index (χ0v) is 10.5. The minimum absolute atomic E-state index is 0.265. The van der Waals surface area contributed by atoms with E-state index >= 15 is 0 Å². The molecular formula is C12H12F3N3O2. The van der Waals surface area contributed by atoms with Crippen molar-refractivity contribution in [3.8, 4) is 12.3 Å². The van der Waals surface area contributed by atoms with Crippen molar-refractivity contribution in [3.05, 3.63) is 28.7 Å². The summed E-state index contributed by atoms with van der Waals surface area (Å²) in [6.45, 7) is 0.107. The molecular weight excluding hydrogens is 275 g/mol. The Balaban J connectivity index is 2.88. The number of carbonyl (C=O) groups is 1. The lowest BCUT2D eigenvalue weighted by Crippen LogP contribution is -2.37. The Hall–Kier alpha value is -2.43. The van der Waals surface area contributed by atoms with E-state index in [0.29, 0.717) is 4.57 Å². The van der Waals surface area contributed by atoms with Crippen LogP contribution in [0, 0.1) is 12.3 Å². The molecule has 5 nitrogen and oxygen atoms in total. The lowest BCUT2D eigenvalue weighted by molar-refractivity contribution is -0.141. The molecule has 8 heteroatoms. The fourth-order valence-electron chi connectivity index (χ4n) is 1.35. The predicted molar refractivity (Wildman–Crippen MR) is 67.2 cm³/mol. The lowest BCUT2D eigenvalue weighted by atomic mass is 10.3. The van der Waals surface area contributed by atoms with Crippen molar-refractivity contribution < 1.29 is 18.0 Å². The first-order chi connectivity index (χ1) is 9.23. The molecule has 20 heavy (non-hydrogen) atoms. The first kappa shape index (κ1) is 15.6. The number of nitrogens with one attached hydrogen (secondary N) is 2. The van der Waals surface area contributed by atoms with Gasteiger partial charge in [0.25, 0.3) is 5.56 Å². The van der Waals surface area contributed by atoms with Gasteiger partial charge in [-0.2, -0.15) is 13.2 Å². The minimum Gasteiger partial charge on any atom is -0.325 e. The van der Waals surface area contributed by atoms with Gasteiger partial charge in [-0.25, -0.2) is 4.79 Å². The smallest absolute Gasteiger partial charge is 0.325 e. The van der Waals surface area contributed by atoms with Crippen molar-refractivity contribution in [2.45, 2.75) is 25.7 Å². The molecule has 1 heterocycles. The second-order valence-electron chi connectivity index (χ2n) is 3.96. The molecule has 0 radical (unpaired) electrons. The Morgan fingerprint density at radius 2 is 2.20 bits per heavy atom. The molecule has 1 atom stereocenters. The molecule has 0 saturated heterocycles. The van der Waals surface area contributed by atoms with Gasteiger partial charge in [0.05, 0.1) is 6.04 Å². The van der Waals surface area contributed by atoms with Crippen LogP contribution in [0.4, 0.5) is 23.7 Å². The molecule has 0 aliphatic heterocycles.